The molecule has 5 rings (SSSR count). The SMILES string of the molecule is CC1(C(=O)NC2CCCC2)Cn2cnc(C(=O)NC3CC3)c2C(=O)N1C1CC1. The van der Waals surface area contributed by atoms with Crippen LogP contribution < -0.4 is 10.6 Å². The predicted octanol–water partition coefficient (Wildman–Crippen LogP) is 1.21. The maximum absolute atomic E-state index is 13.4. The Hall–Kier alpha value is -2.38. The summed E-state index contributed by atoms with van der Waals surface area (Å²) >= 11 is 0. The Morgan fingerprint density at radius 1 is 1.07 bits per heavy atom. The van der Waals surface area contributed by atoms with Gasteiger partial charge >= 0.3 is 0 Å². The number of nitrogens with one attached hydrogen (secondary N) is 2. The molecule has 0 spiro atoms. The van der Waals surface area contributed by atoms with E-state index in [1.165, 1.54) is 6.33 Å². The summed E-state index contributed by atoms with van der Waals surface area (Å²) in [6.07, 6.45) is 9.55. The summed E-state index contributed by atoms with van der Waals surface area (Å²) in [6.45, 7) is 2.17. The lowest BCUT2D eigenvalue weighted by Gasteiger charge is -2.44. The standard InChI is InChI=1S/C20H27N5O3/c1-20(19(28)23-12-4-2-3-5-12)10-24-11-21-15(17(26)22-13-6-7-13)16(24)18(27)25(20)14-8-9-14/h11-14H,2-10H2,1H3,(H,22,26)(H,23,28). The second-order valence-electron chi connectivity index (χ2n) is 8.95. The average molecular weight is 385 g/mol. The summed E-state index contributed by atoms with van der Waals surface area (Å²) in [5.41, 5.74) is -0.462. The molecule has 0 saturated heterocycles. The second kappa shape index (κ2) is 6.32. The number of hydrogen-bond acceptors (Lipinski definition) is 4. The summed E-state index contributed by atoms with van der Waals surface area (Å²) in [6, 6.07) is 0.463. The van der Waals surface area contributed by atoms with E-state index < -0.39 is 5.54 Å². The number of aromatic nitrogens is 2. The zero-order valence-electron chi connectivity index (χ0n) is 16.2. The van der Waals surface area contributed by atoms with E-state index in [2.05, 4.69) is 15.6 Å². The average Bonchev–Trinajstić information content (AvgIpc) is 3.56. The smallest absolute Gasteiger partial charge is 0.274 e. The van der Waals surface area contributed by atoms with Crippen molar-refractivity contribution in [3.8, 4) is 0 Å². The Morgan fingerprint density at radius 2 is 1.75 bits per heavy atom. The van der Waals surface area contributed by atoms with Crippen LogP contribution in [-0.2, 0) is 11.3 Å². The number of hydrogen-bond donors (Lipinski definition) is 2. The summed E-state index contributed by atoms with van der Waals surface area (Å²) < 4.78 is 1.69. The van der Waals surface area contributed by atoms with Gasteiger partial charge in [0.1, 0.15) is 11.2 Å². The van der Waals surface area contributed by atoms with Gasteiger partial charge in [0.15, 0.2) is 5.69 Å². The van der Waals surface area contributed by atoms with Gasteiger partial charge in [-0.05, 0) is 45.4 Å². The number of fused-ring (bicyclic) bond motifs is 1. The Balaban J connectivity index is 1.45. The molecule has 0 bridgehead atoms. The molecular weight excluding hydrogens is 358 g/mol. The molecule has 1 aliphatic heterocycles. The van der Waals surface area contributed by atoms with E-state index in [9.17, 15) is 14.4 Å². The zero-order valence-corrected chi connectivity index (χ0v) is 16.2. The zero-order chi connectivity index (χ0) is 19.5. The molecule has 2 N–H and O–H groups in total. The van der Waals surface area contributed by atoms with Crippen molar-refractivity contribution in [2.45, 2.75) is 88.5 Å². The Labute approximate surface area is 164 Å². The highest BCUT2D eigenvalue weighted by atomic mass is 16.2. The van der Waals surface area contributed by atoms with E-state index >= 15 is 0 Å². The van der Waals surface area contributed by atoms with Crippen molar-refractivity contribution < 1.29 is 14.4 Å². The molecular formula is C20H27N5O3. The van der Waals surface area contributed by atoms with Crippen molar-refractivity contribution in [1.82, 2.24) is 25.1 Å². The number of rotatable bonds is 5. The fourth-order valence-electron chi connectivity index (χ4n) is 4.61. The first kappa shape index (κ1) is 17.7. The quantitative estimate of drug-likeness (QED) is 0.796. The van der Waals surface area contributed by atoms with Gasteiger partial charge in [0, 0.05) is 18.1 Å². The van der Waals surface area contributed by atoms with Crippen molar-refractivity contribution in [2.24, 2.45) is 0 Å². The molecule has 150 valence electrons. The van der Waals surface area contributed by atoms with Crippen LogP contribution in [0.3, 0.4) is 0 Å². The third kappa shape index (κ3) is 2.89. The van der Waals surface area contributed by atoms with Gasteiger partial charge in [0.25, 0.3) is 11.8 Å². The first-order chi connectivity index (χ1) is 13.5. The van der Waals surface area contributed by atoms with Gasteiger partial charge < -0.3 is 20.1 Å². The molecule has 1 unspecified atom stereocenters. The normalized spacial score (nSPS) is 27.6. The number of carbonyl (C=O) groups excluding carboxylic acids is 3. The molecule has 0 radical (unpaired) electrons. The molecule has 3 amide bonds. The monoisotopic (exact) mass is 385 g/mol. The van der Waals surface area contributed by atoms with Crippen molar-refractivity contribution >= 4 is 17.7 Å². The molecule has 0 aromatic carbocycles. The molecule has 28 heavy (non-hydrogen) atoms. The Bertz CT molecular complexity index is 835. The number of imidazole rings is 1. The molecule has 1 aromatic rings. The summed E-state index contributed by atoms with van der Waals surface area (Å²) in [5, 5.41) is 6.08. The molecule has 4 aliphatic rings. The van der Waals surface area contributed by atoms with E-state index in [1.807, 2.05) is 6.92 Å². The van der Waals surface area contributed by atoms with E-state index in [0.29, 0.717) is 12.2 Å². The van der Waals surface area contributed by atoms with Gasteiger partial charge in [-0.25, -0.2) is 4.98 Å². The summed E-state index contributed by atoms with van der Waals surface area (Å²) in [5.74, 6) is -0.640. The minimum absolute atomic E-state index is 0.0646. The second-order valence-corrected chi connectivity index (χ2v) is 8.95. The lowest BCUT2D eigenvalue weighted by Crippen LogP contribution is -2.65. The highest BCUT2D eigenvalue weighted by molar-refractivity contribution is 6.07. The number of amides is 3. The van der Waals surface area contributed by atoms with E-state index in [0.717, 1.165) is 51.4 Å². The third-order valence-corrected chi connectivity index (χ3v) is 6.49. The fourth-order valence-corrected chi connectivity index (χ4v) is 4.61. The van der Waals surface area contributed by atoms with Gasteiger partial charge in [-0.3, -0.25) is 14.4 Å². The Morgan fingerprint density at radius 3 is 2.39 bits per heavy atom. The number of carbonyl (C=O) groups is 3. The van der Waals surface area contributed by atoms with Gasteiger partial charge in [0.2, 0.25) is 5.91 Å². The van der Waals surface area contributed by atoms with Crippen LogP contribution in [0.5, 0.6) is 0 Å². The minimum atomic E-state index is -0.960. The van der Waals surface area contributed by atoms with E-state index in [-0.39, 0.29) is 41.5 Å². The molecule has 8 heteroatoms. The van der Waals surface area contributed by atoms with Gasteiger partial charge in [-0.1, -0.05) is 12.8 Å². The van der Waals surface area contributed by atoms with Crippen molar-refractivity contribution in [2.75, 3.05) is 0 Å². The molecule has 3 aliphatic carbocycles. The molecule has 2 heterocycles. The molecule has 1 aromatic heterocycles. The topological polar surface area (TPSA) is 96.3 Å². The highest BCUT2D eigenvalue weighted by Gasteiger charge is 2.54. The lowest BCUT2D eigenvalue weighted by atomic mass is 9.93. The molecule has 8 nitrogen and oxygen atoms in total. The van der Waals surface area contributed by atoms with Gasteiger partial charge in [0.05, 0.1) is 12.9 Å². The van der Waals surface area contributed by atoms with Crippen molar-refractivity contribution in [3.05, 3.63) is 17.7 Å². The van der Waals surface area contributed by atoms with Gasteiger partial charge in [-0.2, -0.15) is 0 Å². The maximum atomic E-state index is 13.4. The molecule has 1 atom stereocenters. The minimum Gasteiger partial charge on any atom is -0.351 e. The first-order valence-corrected chi connectivity index (χ1v) is 10.5. The van der Waals surface area contributed by atoms with Crippen molar-refractivity contribution in [1.29, 1.82) is 0 Å². The first-order valence-electron chi connectivity index (χ1n) is 10.5. The van der Waals surface area contributed by atoms with E-state index in [4.69, 9.17) is 0 Å². The molecule has 3 fully saturated rings. The van der Waals surface area contributed by atoms with Gasteiger partial charge in [-0.15, -0.1) is 0 Å². The predicted molar refractivity (Wildman–Crippen MR) is 101 cm³/mol. The largest absolute Gasteiger partial charge is 0.351 e. The maximum Gasteiger partial charge on any atom is 0.274 e. The van der Waals surface area contributed by atoms with Crippen LogP contribution in [0.2, 0.25) is 0 Å². The summed E-state index contributed by atoms with van der Waals surface area (Å²) in [4.78, 5) is 45.2. The lowest BCUT2D eigenvalue weighted by molar-refractivity contribution is -0.134. The molecule has 3 saturated carbocycles. The van der Waals surface area contributed by atoms with Crippen LogP contribution >= 0.6 is 0 Å². The van der Waals surface area contributed by atoms with Crippen LogP contribution in [0.4, 0.5) is 0 Å². The fraction of sp³-hybridized carbons (Fsp3) is 0.700. The van der Waals surface area contributed by atoms with Crippen LogP contribution in [-0.4, -0.2) is 55.8 Å². The third-order valence-electron chi connectivity index (χ3n) is 6.49. The van der Waals surface area contributed by atoms with Crippen molar-refractivity contribution in [3.63, 3.8) is 0 Å². The van der Waals surface area contributed by atoms with E-state index in [1.54, 1.807) is 9.47 Å². The number of nitrogens with zero attached hydrogens (tertiary/aromatic N) is 3. The summed E-state index contributed by atoms with van der Waals surface area (Å²) in [7, 11) is 0. The van der Waals surface area contributed by atoms with Crippen LogP contribution in [0.15, 0.2) is 6.33 Å². The van der Waals surface area contributed by atoms with Crippen LogP contribution in [0, 0.1) is 0 Å². The van der Waals surface area contributed by atoms with Crippen LogP contribution in [0.1, 0.15) is 79.3 Å². The van der Waals surface area contributed by atoms with Crippen LogP contribution in [0.25, 0.3) is 0 Å². The highest BCUT2D eigenvalue weighted by Crippen LogP contribution is 2.39. The Kier molecular flexibility index (Phi) is 4.00.